The number of carbonyl (C=O) groups excluding carboxylic acids is 4. The van der Waals surface area contributed by atoms with Crippen LogP contribution in [0.15, 0.2) is 0 Å². The highest BCUT2D eigenvalue weighted by molar-refractivity contribution is 6.09. The van der Waals surface area contributed by atoms with E-state index in [9.17, 15) is 19.2 Å². The Hall–Kier alpha value is -2.12. The summed E-state index contributed by atoms with van der Waals surface area (Å²) in [4.78, 5) is 48.0. The number of urea groups is 2. The summed E-state index contributed by atoms with van der Waals surface area (Å²) in [5.74, 6) is -1.13. The maximum absolute atomic E-state index is 12.3. The zero-order valence-corrected chi connectivity index (χ0v) is 12.6. The molecule has 0 aromatic carbocycles. The number of nitrogens with zero attached hydrogens (tertiary/aromatic N) is 1. The standard InChI is InChI=1S/C13H22N4O4/c1-4-7-14-11(20)15-9(18)8-17-10(19)13(5-2,6-3)16-12(17)21/h4-8H2,1-3H3,(H,16,21)(H2,14,15,18,20). The molecule has 0 saturated carbocycles. The fourth-order valence-corrected chi connectivity index (χ4v) is 2.14. The first-order valence-electron chi connectivity index (χ1n) is 7.12. The first-order valence-corrected chi connectivity index (χ1v) is 7.12. The van der Waals surface area contributed by atoms with Crippen molar-refractivity contribution in [2.45, 2.75) is 45.6 Å². The van der Waals surface area contributed by atoms with E-state index in [2.05, 4.69) is 16.0 Å². The van der Waals surface area contributed by atoms with Crippen molar-refractivity contribution in [1.82, 2.24) is 20.9 Å². The number of nitrogens with one attached hydrogen (secondary N) is 3. The van der Waals surface area contributed by atoms with Crippen LogP contribution in [0.4, 0.5) is 9.59 Å². The summed E-state index contributed by atoms with van der Waals surface area (Å²) in [5.41, 5.74) is -0.943. The molecule has 8 nitrogen and oxygen atoms in total. The second kappa shape index (κ2) is 7.05. The van der Waals surface area contributed by atoms with Gasteiger partial charge >= 0.3 is 12.1 Å². The van der Waals surface area contributed by atoms with Gasteiger partial charge in [0.15, 0.2) is 0 Å². The van der Waals surface area contributed by atoms with Crippen LogP contribution in [-0.4, -0.2) is 47.4 Å². The van der Waals surface area contributed by atoms with Gasteiger partial charge in [-0.25, -0.2) is 9.59 Å². The molecule has 118 valence electrons. The minimum absolute atomic E-state index is 0.429. The fourth-order valence-electron chi connectivity index (χ4n) is 2.14. The van der Waals surface area contributed by atoms with E-state index in [1.165, 1.54) is 0 Å². The fraction of sp³-hybridized carbons (Fsp3) is 0.692. The summed E-state index contributed by atoms with van der Waals surface area (Å²) in [6, 6.07) is -1.24. The number of imide groups is 2. The van der Waals surface area contributed by atoms with Crippen molar-refractivity contribution in [3.63, 3.8) is 0 Å². The molecule has 0 bridgehead atoms. The molecule has 1 aliphatic heterocycles. The molecule has 0 unspecified atom stereocenters. The molecular formula is C13H22N4O4. The molecule has 0 radical (unpaired) electrons. The van der Waals surface area contributed by atoms with Crippen molar-refractivity contribution in [2.24, 2.45) is 0 Å². The predicted octanol–water partition coefficient (Wildman–Crippen LogP) is 0.333. The minimum atomic E-state index is -0.943. The lowest BCUT2D eigenvalue weighted by atomic mass is 9.93. The molecule has 21 heavy (non-hydrogen) atoms. The predicted molar refractivity (Wildman–Crippen MR) is 75.4 cm³/mol. The third-order valence-corrected chi connectivity index (χ3v) is 3.54. The monoisotopic (exact) mass is 298 g/mol. The summed E-state index contributed by atoms with van der Waals surface area (Å²) >= 11 is 0. The summed E-state index contributed by atoms with van der Waals surface area (Å²) in [5, 5.41) is 7.17. The quantitative estimate of drug-likeness (QED) is 0.614. The molecule has 1 aliphatic rings. The zero-order valence-electron chi connectivity index (χ0n) is 12.6. The number of hydrogen-bond donors (Lipinski definition) is 3. The van der Waals surface area contributed by atoms with Gasteiger partial charge in [-0.15, -0.1) is 0 Å². The van der Waals surface area contributed by atoms with Crippen molar-refractivity contribution in [3.05, 3.63) is 0 Å². The second-order valence-electron chi connectivity index (χ2n) is 4.91. The van der Waals surface area contributed by atoms with Gasteiger partial charge in [-0.3, -0.25) is 19.8 Å². The van der Waals surface area contributed by atoms with E-state index < -0.39 is 36.0 Å². The van der Waals surface area contributed by atoms with E-state index in [1.54, 1.807) is 13.8 Å². The third kappa shape index (κ3) is 3.71. The average Bonchev–Trinajstić information content (AvgIpc) is 2.69. The lowest BCUT2D eigenvalue weighted by Crippen LogP contribution is -2.48. The topological polar surface area (TPSA) is 108 Å². The van der Waals surface area contributed by atoms with Gasteiger partial charge in [-0.2, -0.15) is 0 Å². The first kappa shape index (κ1) is 16.9. The second-order valence-corrected chi connectivity index (χ2v) is 4.91. The van der Waals surface area contributed by atoms with Crippen LogP contribution in [0.5, 0.6) is 0 Å². The van der Waals surface area contributed by atoms with Crippen LogP contribution < -0.4 is 16.0 Å². The molecule has 0 aliphatic carbocycles. The molecule has 1 saturated heterocycles. The van der Waals surface area contributed by atoms with E-state index in [-0.39, 0.29) is 0 Å². The van der Waals surface area contributed by atoms with Gasteiger partial charge in [-0.1, -0.05) is 20.8 Å². The van der Waals surface area contributed by atoms with Gasteiger partial charge in [-0.05, 0) is 19.3 Å². The molecule has 8 heteroatoms. The highest BCUT2D eigenvalue weighted by Gasteiger charge is 2.49. The van der Waals surface area contributed by atoms with Gasteiger partial charge in [0, 0.05) is 6.54 Å². The van der Waals surface area contributed by atoms with Crippen LogP contribution in [0.25, 0.3) is 0 Å². The molecule has 0 spiro atoms. The van der Waals surface area contributed by atoms with Gasteiger partial charge in [0.05, 0.1) is 0 Å². The van der Waals surface area contributed by atoms with Crippen molar-refractivity contribution in [1.29, 1.82) is 0 Å². The van der Waals surface area contributed by atoms with E-state index in [1.807, 2.05) is 6.92 Å². The Bertz CT molecular complexity index is 445. The SMILES string of the molecule is CCCNC(=O)NC(=O)CN1C(=O)NC(CC)(CC)C1=O. The van der Waals surface area contributed by atoms with Crippen LogP contribution in [0, 0.1) is 0 Å². The van der Waals surface area contributed by atoms with E-state index in [4.69, 9.17) is 0 Å². The Morgan fingerprint density at radius 1 is 1.19 bits per heavy atom. The summed E-state index contributed by atoms with van der Waals surface area (Å²) in [6.45, 7) is 5.44. The van der Waals surface area contributed by atoms with Gasteiger partial charge in [0.25, 0.3) is 5.91 Å². The number of hydrogen-bond acceptors (Lipinski definition) is 4. The van der Waals surface area contributed by atoms with Crippen molar-refractivity contribution in [3.8, 4) is 0 Å². The van der Waals surface area contributed by atoms with Crippen LogP contribution in [0.1, 0.15) is 40.0 Å². The van der Waals surface area contributed by atoms with E-state index in [0.29, 0.717) is 19.4 Å². The molecule has 1 rings (SSSR count). The normalized spacial score (nSPS) is 16.6. The number of amides is 6. The molecule has 1 fully saturated rings. The van der Waals surface area contributed by atoms with Crippen LogP contribution in [0.2, 0.25) is 0 Å². The van der Waals surface area contributed by atoms with Crippen molar-refractivity contribution >= 4 is 23.9 Å². The molecule has 0 aromatic heterocycles. The number of rotatable bonds is 6. The molecular weight excluding hydrogens is 276 g/mol. The lowest BCUT2D eigenvalue weighted by Gasteiger charge is -2.22. The highest BCUT2D eigenvalue weighted by atomic mass is 16.2. The molecule has 1 heterocycles. The molecule has 0 atom stereocenters. The molecule has 3 N–H and O–H groups in total. The maximum Gasteiger partial charge on any atom is 0.325 e. The summed E-state index contributed by atoms with van der Waals surface area (Å²) in [7, 11) is 0. The minimum Gasteiger partial charge on any atom is -0.338 e. The largest absolute Gasteiger partial charge is 0.338 e. The van der Waals surface area contributed by atoms with Crippen LogP contribution in [0.3, 0.4) is 0 Å². The molecule has 6 amide bonds. The first-order chi connectivity index (χ1) is 9.90. The Labute approximate surface area is 123 Å². The van der Waals surface area contributed by atoms with E-state index >= 15 is 0 Å². The summed E-state index contributed by atoms with van der Waals surface area (Å²) < 4.78 is 0. The zero-order chi connectivity index (χ0) is 16.0. The van der Waals surface area contributed by atoms with Crippen LogP contribution in [-0.2, 0) is 9.59 Å². The van der Waals surface area contributed by atoms with Gasteiger partial charge < -0.3 is 10.6 Å². The van der Waals surface area contributed by atoms with Crippen molar-refractivity contribution < 1.29 is 19.2 Å². The smallest absolute Gasteiger partial charge is 0.325 e. The maximum atomic E-state index is 12.3. The van der Waals surface area contributed by atoms with Gasteiger partial charge in [0.1, 0.15) is 12.1 Å². The Kier molecular flexibility index (Phi) is 5.69. The highest BCUT2D eigenvalue weighted by Crippen LogP contribution is 2.24. The Balaban J connectivity index is 2.62. The lowest BCUT2D eigenvalue weighted by molar-refractivity contribution is -0.134. The molecule has 0 aromatic rings. The van der Waals surface area contributed by atoms with Gasteiger partial charge in [0.2, 0.25) is 5.91 Å². The average molecular weight is 298 g/mol. The Morgan fingerprint density at radius 2 is 1.81 bits per heavy atom. The third-order valence-electron chi connectivity index (χ3n) is 3.54. The Morgan fingerprint density at radius 3 is 2.29 bits per heavy atom. The van der Waals surface area contributed by atoms with Crippen molar-refractivity contribution in [2.75, 3.05) is 13.1 Å². The number of carbonyl (C=O) groups is 4. The summed E-state index contributed by atoms with van der Waals surface area (Å²) in [6.07, 6.45) is 1.64. The van der Waals surface area contributed by atoms with Crippen LogP contribution >= 0.6 is 0 Å². The van der Waals surface area contributed by atoms with E-state index in [0.717, 1.165) is 11.3 Å².